The number of hydrogen-bond acceptors (Lipinski definition) is 5. The molecule has 168 valence electrons. The molecule has 3 heterocycles. The Morgan fingerprint density at radius 3 is 2.42 bits per heavy atom. The number of carbonyl (C=O) groups excluding carboxylic acids is 1. The average molecular weight is 441 g/mol. The van der Waals surface area contributed by atoms with E-state index in [1.807, 2.05) is 41.3 Å². The second-order valence-electron chi connectivity index (χ2n) is 9.10. The van der Waals surface area contributed by atoms with Gasteiger partial charge in [-0.1, -0.05) is 49.4 Å². The van der Waals surface area contributed by atoms with E-state index < -0.39 is 0 Å². The van der Waals surface area contributed by atoms with Crippen molar-refractivity contribution < 1.29 is 4.79 Å². The van der Waals surface area contributed by atoms with Gasteiger partial charge in [-0.3, -0.25) is 4.79 Å². The highest BCUT2D eigenvalue weighted by Gasteiger charge is 2.33. The second-order valence-corrected chi connectivity index (χ2v) is 9.10. The molecule has 0 bridgehead atoms. The van der Waals surface area contributed by atoms with Crippen LogP contribution in [0.15, 0.2) is 54.6 Å². The van der Waals surface area contributed by atoms with Gasteiger partial charge in [-0.15, -0.1) is 10.2 Å². The summed E-state index contributed by atoms with van der Waals surface area (Å²) in [6, 6.07) is 18.3. The van der Waals surface area contributed by atoms with Gasteiger partial charge in [0.05, 0.1) is 11.4 Å². The predicted octanol–water partition coefficient (Wildman–Crippen LogP) is 4.00. The molecule has 1 aliphatic carbocycles. The third-order valence-electron chi connectivity index (χ3n) is 6.98. The quantitative estimate of drug-likeness (QED) is 0.469. The van der Waals surface area contributed by atoms with E-state index in [1.54, 1.807) is 0 Å². The maximum Gasteiger partial charge on any atom is 0.230 e. The number of amides is 1. The van der Waals surface area contributed by atoms with Gasteiger partial charge in [-0.05, 0) is 37.0 Å². The van der Waals surface area contributed by atoms with Crippen LogP contribution < -0.4 is 4.90 Å². The van der Waals surface area contributed by atoms with E-state index in [0.717, 1.165) is 66.2 Å². The molecule has 2 aromatic heterocycles. The highest BCUT2D eigenvalue weighted by atomic mass is 16.2. The summed E-state index contributed by atoms with van der Waals surface area (Å²) >= 11 is 0. The van der Waals surface area contributed by atoms with Crippen LogP contribution in [-0.4, -0.2) is 56.6 Å². The summed E-state index contributed by atoms with van der Waals surface area (Å²) in [5.74, 6) is 2.54. The Labute approximate surface area is 193 Å². The fraction of sp³-hybridized carbons (Fsp3) is 0.385. The molecule has 0 unspecified atom stereocenters. The van der Waals surface area contributed by atoms with Crippen LogP contribution in [-0.2, 0) is 4.79 Å². The van der Waals surface area contributed by atoms with Gasteiger partial charge < -0.3 is 9.80 Å². The highest BCUT2D eigenvalue weighted by molar-refractivity contribution is 5.92. The topological polar surface area (TPSA) is 66.6 Å². The summed E-state index contributed by atoms with van der Waals surface area (Å²) in [4.78, 5) is 22.7. The molecule has 1 aliphatic heterocycles. The van der Waals surface area contributed by atoms with Crippen molar-refractivity contribution in [2.24, 2.45) is 0 Å². The number of fused-ring (bicyclic) bond motifs is 3. The first-order valence-electron chi connectivity index (χ1n) is 12.0. The van der Waals surface area contributed by atoms with Crippen molar-refractivity contribution in [1.29, 1.82) is 0 Å². The van der Waals surface area contributed by atoms with E-state index >= 15 is 0 Å². The monoisotopic (exact) mass is 440 g/mol. The zero-order valence-electron chi connectivity index (χ0n) is 18.9. The fourth-order valence-electron chi connectivity index (χ4n) is 4.99. The molecule has 1 saturated carbocycles. The Morgan fingerprint density at radius 2 is 1.70 bits per heavy atom. The van der Waals surface area contributed by atoms with Gasteiger partial charge in [0.2, 0.25) is 11.9 Å². The molecule has 1 atom stereocenters. The molecular formula is C26H28N6O. The van der Waals surface area contributed by atoms with E-state index in [0.29, 0.717) is 19.0 Å². The fourth-order valence-corrected chi connectivity index (χ4v) is 4.99. The molecule has 1 saturated heterocycles. The molecule has 2 aliphatic rings. The summed E-state index contributed by atoms with van der Waals surface area (Å²) in [7, 11) is 0. The van der Waals surface area contributed by atoms with E-state index in [9.17, 15) is 4.79 Å². The first kappa shape index (κ1) is 20.1. The minimum Gasteiger partial charge on any atom is -0.339 e. The summed E-state index contributed by atoms with van der Waals surface area (Å²) in [6.07, 6.45) is 3.13. The van der Waals surface area contributed by atoms with E-state index in [1.165, 1.54) is 0 Å². The van der Waals surface area contributed by atoms with Gasteiger partial charge in [0.1, 0.15) is 5.82 Å². The zero-order chi connectivity index (χ0) is 22.4. The van der Waals surface area contributed by atoms with Crippen LogP contribution in [0.25, 0.3) is 16.6 Å². The lowest BCUT2D eigenvalue weighted by Crippen LogP contribution is -2.50. The Hall–Kier alpha value is -3.48. The number of carbonyl (C=O) groups is 1. The third kappa shape index (κ3) is 3.52. The SMILES string of the molecule is CC[C@H](C(=O)N1CCN(c2nc3ccccc3c3nnc(C4CC4)n23)CC1)c1ccccc1. The molecule has 33 heavy (non-hydrogen) atoms. The predicted molar refractivity (Wildman–Crippen MR) is 129 cm³/mol. The molecule has 1 amide bonds. The molecule has 4 aromatic rings. The number of aromatic nitrogens is 4. The number of anilines is 1. The number of hydrogen-bond donors (Lipinski definition) is 0. The Balaban J connectivity index is 1.29. The number of piperazine rings is 1. The van der Waals surface area contributed by atoms with Crippen LogP contribution in [0.4, 0.5) is 5.95 Å². The summed E-state index contributed by atoms with van der Waals surface area (Å²) in [6.45, 7) is 4.98. The Morgan fingerprint density at radius 1 is 0.970 bits per heavy atom. The minimum absolute atomic E-state index is 0.0810. The first-order chi connectivity index (χ1) is 16.2. The molecular weight excluding hydrogens is 412 g/mol. The van der Waals surface area contributed by atoms with Crippen LogP contribution in [0.5, 0.6) is 0 Å². The van der Waals surface area contributed by atoms with Crippen molar-refractivity contribution in [2.45, 2.75) is 38.0 Å². The van der Waals surface area contributed by atoms with Crippen molar-refractivity contribution >= 4 is 28.4 Å². The Kier molecular flexibility index (Phi) is 4.97. The molecule has 0 spiro atoms. The van der Waals surface area contributed by atoms with Gasteiger partial charge in [-0.25, -0.2) is 9.38 Å². The lowest BCUT2D eigenvalue weighted by Gasteiger charge is -2.37. The lowest BCUT2D eigenvalue weighted by molar-refractivity contribution is -0.133. The van der Waals surface area contributed by atoms with Crippen molar-refractivity contribution in [1.82, 2.24) is 24.5 Å². The molecule has 7 nitrogen and oxygen atoms in total. The number of para-hydroxylation sites is 1. The van der Waals surface area contributed by atoms with Crippen LogP contribution in [0.1, 0.15) is 49.4 Å². The van der Waals surface area contributed by atoms with Crippen LogP contribution in [0, 0.1) is 0 Å². The van der Waals surface area contributed by atoms with Gasteiger partial charge in [-0.2, -0.15) is 0 Å². The molecule has 0 N–H and O–H groups in total. The standard InChI is InChI=1S/C26H28N6O/c1-2-20(18-8-4-3-5-9-18)25(33)30-14-16-31(17-15-30)26-27-22-11-7-6-10-21(22)24-29-28-23(32(24)26)19-12-13-19/h3-11,19-20H,2,12-17H2,1H3/t20-/m0/s1. The van der Waals surface area contributed by atoms with E-state index in [-0.39, 0.29) is 11.8 Å². The summed E-state index contributed by atoms with van der Waals surface area (Å²) < 4.78 is 2.16. The van der Waals surface area contributed by atoms with E-state index in [2.05, 4.69) is 44.6 Å². The minimum atomic E-state index is -0.0810. The van der Waals surface area contributed by atoms with Crippen molar-refractivity contribution in [3.05, 3.63) is 66.0 Å². The maximum atomic E-state index is 13.3. The van der Waals surface area contributed by atoms with Crippen LogP contribution in [0.2, 0.25) is 0 Å². The van der Waals surface area contributed by atoms with Gasteiger partial charge in [0.25, 0.3) is 0 Å². The molecule has 2 aromatic carbocycles. The third-order valence-corrected chi connectivity index (χ3v) is 6.98. The van der Waals surface area contributed by atoms with Gasteiger partial charge >= 0.3 is 0 Å². The molecule has 6 rings (SSSR count). The molecule has 7 heteroatoms. The lowest BCUT2D eigenvalue weighted by atomic mass is 9.95. The van der Waals surface area contributed by atoms with Crippen molar-refractivity contribution in [3.63, 3.8) is 0 Å². The summed E-state index contributed by atoms with van der Waals surface area (Å²) in [5.41, 5.74) is 2.92. The normalized spacial score (nSPS) is 17.6. The number of nitrogens with zero attached hydrogens (tertiary/aromatic N) is 6. The van der Waals surface area contributed by atoms with Crippen LogP contribution >= 0.6 is 0 Å². The summed E-state index contributed by atoms with van der Waals surface area (Å²) in [5, 5.41) is 10.1. The Bertz CT molecular complexity index is 1300. The zero-order valence-corrected chi connectivity index (χ0v) is 18.9. The average Bonchev–Trinajstić information content (AvgIpc) is 3.62. The largest absolute Gasteiger partial charge is 0.339 e. The molecule has 0 radical (unpaired) electrons. The van der Waals surface area contributed by atoms with E-state index in [4.69, 9.17) is 4.98 Å². The smallest absolute Gasteiger partial charge is 0.230 e. The van der Waals surface area contributed by atoms with Crippen molar-refractivity contribution in [3.8, 4) is 0 Å². The number of benzene rings is 2. The number of rotatable bonds is 5. The van der Waals surface area contributed by atoms with Gasteiger partial charge in [0, 0.05) is 37.5 Å². The first-order valence-corrected chi connectivity index (χ1v) is 12.0. The van der Waals surface area contributed by atoms with Crippen LogP contribution in [0.3, 0.4) is 0 Å². The highest BCUT2D eigenvalue weighted by Crippen LogP contribution is 2.40. The second kappa shape index (κ2) is 8.14. The van der Waals surface area contributed by atoms with Gasteiger partial charge in [0.15, 0.2) is 5.65 Å². The maximum absolute atomic E-state index is 13.3. The van der Waals surface area contributed by atoms with Crippen molar-refractivity contribution in [2.75, 3.05) is 31.1 Å². The molecule has 2 fully saturated rings.